The second-order valence-electron chi connectivity index (χ2n) is 4.97. The van der Waals surface area contributed by atoms with Crippen LogP contribution in [0.5, 0.6) is 0 Å². The lowest BCUT2D eigenvalue weighted by Crippen LogP contribution is -2.43. The average Bonchev–Trinajstić information content (AvgIpc) is 2.74. The fraction of sp³-hybridized carbons (Fsp3) is 1.00. The van der Waals surface area contributed by atoms with Crippen LogP contribution >= 0.6 is 0 Å². The van der Waals surface area contributed by atoms with Crippen LogP contribution in [0.15, 0.2) is 0 Å². The molecule has 6 heteroatoms. The van der Waals surface area contributed by atoms with Crippen LogP contribution < -0.4 is 10.0 Å². The zero-order valence-corrected chi connectivity index (χ0v) is 11.1. The predicted molar refractivity (Wildman–Crippen MR) is 66.3 cm³/mol. The lowest BCUT2D eigenvalue weighted by molar-refractivity contribution is 0.107. The Labute approximate surface area is 103 Å². The molecule has 0 saturated carbocycles. The molecule has 100 valence electrons. The second kappa shape index (κ2) is 5.65. The standard InChI is InChI=1S/C11H22N2O3S/c1-9-10(4-7-16-9)8-13-17(14,15)11-2-5-12-6-3-11/h9-13H,2-8H2,1H3. The average molecular weight is 262 g/mol. The lowest BCUT2D eigenvalue weighted by atomic mass is 10.0. The molecular weight excluding hydrogens is 240 g/mol. The second-order valence-corrected chi connectivity index (χ2v) is 7.01. The van der Waals surface area contributed by atoms with Gasteiger partial charge in [-0.15, -0.1) is 0 Å². The molecule has 2 fully saturated rings. The van der Waals surface area contributed by atoms with Crippen LogP contribution in [0.25, 0.3) is 0 Å². The summed E-state index contributed by atoms with van der Waals surface area (Å²) >= 11 is 0. The van der Waals surface area contributed by atoms with Crippen molar-refractivity contribution in [2.24, 2.45) is 5.92 Å². The zero-order valence-electron chi connectivity index (χ0n) is 10.3. The lowest BCUT2D eigenvalue weighted by Gasteiger charge is -2.24. The quantitative estimate of drug-likeness (QED) is 0.753. The van der Waals surface area contributed by atoms with Gasteiger partial charge in [-0.1, -0.05) is 0 Å². The zero-order chi connectivity index (χ0) is 12.3. The normalized spacial score (nSPS) is 31.8. The van der Waals surface area contributed by atoms with Crippen molar-refractivity contribution in [3.05, 3.63) is 0 Å². The highest BCUT2D eigenvalue weighted by Crippen LogP contribution is 2.20. The Morgan fingerprint density at radius 2 is 2.00 bits per heavy atom. The van der Waals surface area contributed by atoms with Gasteiger partial charge in [0, 0.05) is 19.1 Å². The Hall–Kier alpha value is -0.170. The molecule has 0 radical (unpaired) electrons. The molecule has 17 heavy (non-hydrogen) atoms. The number of rotatable bonds is 4. The highest BCUT2D eigenvalue weighted by atomic mass is 32.2. The van der Waals surface area contributed by atoms with E-state index >= 15 is 0 Å². The van der Waals surface area contributed by atoms with Gasteiger partial charge in [-0.05, 0) is 39.3 Å². The molecular formula is C11H22N2O3S. The first kappa shape index (κ1) is 13.3. The Morgan fingerprint density at radius 1 is 1.29 bits per heavy atom. The Bertz CT molecular complexity index is 339. The van der Waals surface area contributed by atoms with Crippen LogP contribution in [0, 0.1) is 5.92 Å². The maximum absolute atomic E-state index is 12.1. The van der Waals surface area contributed by atoms with E-state index in [0.717, 1.165) is 26.1 Å². The number of sulfonamides is 1. The summed E-state index contributed by atoms with van der Waals surface area (Å²) in [6, 6.07) is 0. The maximum Gasteiger partial charge on any atom is 0.214 e. The predicted octanol–water partition coefficient (Wildman–Crippen LogP) is 0.0828. The Kier molecular flexibility index (Phi) is 4.41. The van der Waals surface area contributed by atoms with Crippen molar-refractivity contribution < 1.29 is 13.2 Å². The van der Waals surface area contributed by atoms with E-state index in [9.17, 15) is 8.42 Å². The highest BCUT2D eigenvalue weighted by molar-refractivity contribution is 7.90. The van der Waals surface area contributed by atoms with Gasteiger partial charge in [0.1, 0.15) is 0 Å². The third-order valence-electron chi connectivity index (χ3n) is 3.80. The van der Waals surface area contributed by atoms with Crippen LogP contribution in [0.1, 0.15) is 26.2 Å². The van der Waals surface area contributed by atoms with Crippen LogP contribution in [0.3, 0.4) is 0 Å². The number of hydrogen-bond donors (Lipinski definition) is 2. The van der Waals surface area contributed by atoms with E-state index in [1.165, 1.54) is 0 Å². The molecule has 0 spiro atoms. The van der Waals surface area contributed by atoms with E-state index in [4.69, 9.17) is 4.74 Å². The van der Waals surface area contributed by atoms with E-state index in [0.29, 0.717) is 25.3 Å². The summed E-state index contributed by atoms with van der Waals surface area (Å²) in [5.74, 6) is 0.325. The Morgan fingerprint density at radius 3 is 2.59 bits per heavy atom. The first-order valence-corrected chi connectivity index (χ1v) is 7.95. The summed E-state index contributed by atoms with van der Waals surface area (Å²) in [5, 5.41) is 2.96. The molecule has 2 saturated heterocycles. The van der Waals surface area contributed by atoms with Gasteiger partial charge in [-0.25, -0.2) is 13.1 Å². The van der Waals surface area contributed by atoms with Gasteiger partial charge in [0.25, 0.3) is 0 Å². The highest BCUT2D eigenvalue weighted by Gasteiger charge is 2.30. The summed E-state index contributed by atoms with van der Waals surface area (Å²) in [7, 11) is -3.14. The smallest absolute Gasteiger partial charge is 0.214 e. The molecule has 2 N–H and O–H groups in total. The summed E-state index contributed by atoms with van der Waals surface area (Å²) in [4.78, 5) is 0. The van der Waals surface area contributed by atoms with Gasteiger partial charge >= 0.3 is 0 Å². The fourth-order valence-electron chi connectivity index (χ4n) is 2.49. The van der Waals surface area contributed by atoms with Crippen molar-refractivity contribution in [1.29, 1.82) is 0 Å². The van der Waals surface area contributed by atoms with Gasteiger partial charge < -0.3 is 10.1 Å². The van der Waals surface area contributed by atoms with Gasteiger partial charge in [0.05, 0.1) is 11.4 Å². The van der Waals surface area contributed by atoms with Crippen molar-refractivity contribution in [3.8, 4) is 0 Å². The molecule has 0 bridgehead atoms. The summed E-state index contributed by atoms with van der Waals surface area (Å²) < 4.78 is 32.3. The largest absolute Gasteiger partial charge is 0.378 e. The third-order valence-corrected chi connectivity index (χ3v) is 5.72. The van der Waals surface area contributed by atoms with Gasteiger partial charge in [-0.3, -0.25) is 0 Å². The molecule has 0 aromatic heterocycles. The number of ether oxygens (including phenoxy) is 1. The van der Waals surface area contributed by atoms with Crippen LogP contribution in [-0.2, 0) is 14.8 Å². The molecule has 5 nitrogen and oxygen atoms in total. The van der Waals surface area contributed by atoms with Gasteiger partial charge in [0.15, 0.2) is 0 Å². The number of piperidine rings is 1. The molecule has 0 aromatic rings. The van der Waals surface area contributed by atoms with E-state index in [2.05, 4.69) is 10.0 Å². The maximum atomic E-state index is 12.1. The summed E-state index contributed by atoms with van der Waals surface area (Å²) in [6.45, 7) is 4.88. The number of nitrogens with one attached hydrogen (secondary N) is 2. The molecule has 2 atom stereocenters. The van der Waals surface area contributed by atoms with Crippen molar-refractivity contribution >= 4 is 10.0 Å². The van der Waals surface area contributed by atoms with E-state index in [1.807, 2.05) is 6.92 Å². The van der Waals surface area contributed by atoms with Gasteiger partial charge in [0.2, 0.25) is 10.0 Å². The molecule has 2 heterocycles. The summed E-state index contributed by atoms with van der Waals surface area (Å²) in [5.41, 5.74) is 0. The van der Waals surface area contributed by atoms with Crippen LogP contribution in [0.4, 0.5) is 0 Å². The molecule has 0 amide bonds. The molecule has 2 aliphatic rings. The van der Waals surface area contributed by atoms with Crippen LogP contribution in [-0.4, -0.2) is 46.0 Å². The van der Waals surface area contributed by atoms with E-state index < -0.39 is 10.0 Å². The monoisotopic (exact) mass is 262 g/mol. The Balaban J connectivity index is 1.84. The molecule has 2 rings (SSSR count). The van der Waals surface area contributed by atoms with E-state index in [-0.39, 0.29) is 11.4 Å². The first-order chi connectivity index (χ1) is 8.09. The third kappa shape index (κ3) is 3.40. The molecule has 2 unspecified atom stereocenters. The van der Waals surface area contributed by atoms with Crippen molar-refractivity contribution in [1.82, 2.24) is 10.0 Å². The first-order valence-electron chi connectivity index (χ1n) is 6.40. The molecule has 2 aliphatic heterocycles. The summed E-state index contributed by atoms with van der Waals surface area (Å²) in [6.07, 6.45) is 2.55. The molecule has 0 aromatic carbocycles. The SMILES string of the molecule is CC1OCCC1CNS(=O)(=O)C1CCNCC1. The minimum atomic E-state index is -3.14. The minimum Gasteiger partial charge on any atom is -0.378 e. The van der Waals surface area contributed by atoms with Crippen molar-refractivity contribution in [2.75, 3.05) is 26.2 Å². The molecule has 0 aliphatic carbocycles. The number of hydrogen-bond acceptors (Lipinski definition) is 4. The fourth-order valence-corrected chi connectivity index (χ4v) is 4.03. The topological polar surface area (TPSA) is 67.4 Å². The van der Waals surface area contributed by atoms with Crippen molar-refractivity contribution in [3.63, 3.8) is 0 Å². The minimum absolute atomic E-state index is 0.172. The van der Waals surface area contributed by atoms with Gasteiger partial charge in [-0.2, -0.15) is 0 Å². The van der Waals surface area contributed by atoms with Crippen LogP contribution in [0.2, 0.25) is 0 Å². The van der Waals surface area contributed by atoms with E-state index in [1.54, 1.807) is 0 Å². The van der Waals surface area contributed by atoms with Crippen molar-refractivity contribution in [2.45, 2.75) is 37.5 Å².